The maximum Gasteiger partial charge on any atom is 0.129 e. The number of nitrogens with zero attached hydrogens (tertiary/aromatic N) is 2. The maximum absolute atomic E-state index is 13.1. The first-order valence-electron chi connectivity index (χ1n) is 5.25. The molecule has 2 aromatic rings. The van der Waals surface area contributed by atoms with E-state index >= 15 is 0 Å². The Morgan fingerprint density at radius 1 is 1.47 bits per heavy atom. The zero-order valence-corrected chi connectivity index (χ0v) is 9.80. The van der Waals surface area contributed by atoms with Gasteiger partial charge < -0.3 is 4.90 Å². The Kier molecular flexibility index (Phi) is 2.40. The molecule has 0 unspecified atom stereocenters. The summed E-state index contributed by atoms with van der Waals surface area (Å²) >= 11 is 1.57. The SMILES string of the molecule is N=C1c2cc(F)ccc2CN1Cc1nccs1. The highest BCUT2D eigenvalue weighted by Crippen LogP contribution is 2.25. The first-order chi connectivity index (χ1) is 8.24. The summed E-state index contributed by atoms with van der Waals surface area (Å²) in [6.07, 6.45) is 1.76. The Labute approximate surface area is 102 Å². The molecule has 86 valence electrons. The van der Waals surface area contributed by atoms with E-state index in [1.165, 1.54) is 12.1 Å². The first-order valence-corrected chi connectivity index (χ1v) is 6.12. The highest BCUT2D eigenvalue weighted by atomic mass is 32.1. The molecule has 0 saturated heterocycles. The summed E-state index contributed by atoms with van der Waals surface area (Å²) in [6, 6.07) is 4.62. The van der Waals surface area contributed by atoms with Gasteiger partial charge in [-0.15, -0.1) is 11.3 Å². The van der Waals surface area contributed by atoms with E-state index < -0.39 is 0 Å². The summed E-state index contributed by atoms with van der Waals surface area (Å²) in [4.78, 5) is 6.11. The topological polar surface area (TPSA) is 40.0 Å². The Hall–Kier alpha value is -1.75. The van der Waals surface area contributed by atoms with Crippen LogP contribution in [0.2, 0.25) is 0 Å². The molecule has 17 heavy (non-hydrogen) atoms. The summed E-state index contributed by atoms with van der Waals surface area (Å²) in [7, 11) is 0. The number of thiazole rings is 1. The first kappa shape index (κ1) is 10.4. The highest BCUT2D eigenvalue weighted by molar-refractivity contribution is 7.09. The average Bonchev–Trinajstić information content (AvgIpc) is 2.91. The average molecular weight is 247 g/mol. The van der Waals surface area contributed by atoms with Crippen LogP contribution in [0.5, 0.6) is 0 Å². The third-order valence-electron chi connectivity index (χ3n) is 2.81. The molecule has 0 spiro atoms. The van der Waals surface area contributed by atoms with Crippen LogP contribution in [0.15, 0.2) is 29.8 Å². The fourth-order valence-electron chi connectivity index (χ4n) is 1.99. The molecule has 0 atom stereocenters. The molecule has 2 heterocycles. The lowest BCUT2D eigenvalue weighted by Crippen LogP contribution is -2.23. The standard InChI is InChI=1S/C12H10FN3S/c13-9-2-1-8-6-16(12(14)10(8)5-9)7-11-15-3-4-17-11/h1-5,14H,6-7H2. The lowest BCUT2D eigenvalue weighted by Gasteiger charge is -2.15. The second-order valence-corrected chi connectivity index (χ2v) is 4.91. The molecule has 0 radical (unpaired) electrons. The molecule has 1 aliphatic rings. The number of amidine groups is 1. The van der Waals surface area contributed by atoms with Gasteiger partial charge in [-0.3, -0.25) is 5.41 Å². The third kappa shape index (κ3) is 1.82. The predicted molar refractivity (Wildman–Crippen MR) is 64.6 cm³/mol. The van der Waals surface area contributed by atoms with Crippen LogP contribution in [0.3, 0.4) is 0 Å². The van der Waals surface area contributed by atoms with Gasteiger partial charge in [0.2, 0.25) is 0 Å². The minimum absolute atomic E-state index is 0.287. The molecular weight excluding hydrogens is 237 g/mol. The fourth-order valence-corrected chi connectivity index (χ4v) is 2.62. The Balaban J connectivity index is 1.86. The van der Waals surface area contributed by atoms with Crippen molar-refractivity contribution in [3.8, 4) is 0 Å². The number of benzene rings is 1. The Bertz CT molecular complexity index is 565. The largest absolute Gasteiger partial charge is 0.345 e. The summed E-state index contributed by atoms with van der Waals surface area (Å²) in [5.41, 5.74) is 1.70. The Morgan fingerprint density at radius 3 is 3.12 bits per heavy atom. The van der Waals surface area contributed by atoms with Crippen LogP contribution in [0.25, 0.3) is 0 Å². The van der Waals surface area contributed by atoms with Gasteiger partial charge in [0.15, 0.2) is 0 Å². The molecule has 1 aliphatic heterocycles. The van der Waals surface area contributed by atoms with Gasteiger partial charge in [-0.05, 0) is 17.7 Å². The molecule has 1 aromatic carbocycles. The monoisotopic (exact) mass is 247 g/mol. The van der Waals surface area contributed by atoms with Crippen LogP contribution < -0.4 is 0 Å². The van der Waals surface area contributed by atoms with E-state index in [2.05, 4.69) is 4.98 Å². The number of aromatic nitrogens is 1. The van der Waals surface area contributed by atoms with E-state index in [9.17, 15) is 4.39 Å². The lowest BCUT2D eigenvalue weighted by atomic mass is 10.1. The highest BCUT2D eigenvalue weighted by Gasteiger charge is 2.24. The summed E-state index contributed by atoms with van der Waals surface area (Å²) in [6.45, 7) is 1.28. The van der Waals surface area contributed by atoms with E-state index in [0.29, 0.717) is 24.5 Å². The number of hydrogen-bond acceptors (Lipinski definition) is 3. The second kappa shape index (κ2) is 3.92. The van der Waals surface area contributed by atoms with E-state index in [1.54, 1.807) is 23.6 Å². The van der Waals surface area contributed by atoms with Crippen LogP contribution in [0.1, 0.15) is 16.1 Å². The normalized spacial score (nSPS) is 14.2. The van der Waals surface area contributed by atoms with Gasteiger partial charge in [0, 0.05) is 23.7 Å². The molecule has 0 amide bonds. The van der Waals surface area contributed by atoms with Gasteiger partial charge in [0.1, 0.15) is 16.7 Å². The molecule has 0 fully saturated rings. The van der Waals surface area contributed by atoms with Crippen molar-refractivity contribution in [3.63, 3.8) is 0 Å². The second-order valence-electron chi connectivity index (χ2n) is 3.93. The lowest BCUT2D eigenvalue weighted by molar-refractivity contribution is 0.421. The molecule has 3 nitrogen and oxygen atoms in total. The smallest absolute Gasteiger partial charge is 0.129 e. The maximum atomic E-state index is 13.1. The molecule has 1 N–H and O–H groups in total. The van der Waals surface area contributed by atoms with Gasteiger partial charge in [-0.1, -0.05) is 6.07 Å². The van der Waals surface area contributed by atoms with E-state index in [-0.39, 0.29) is 5.82 Å². The van der Waals surface area contributed by atoms with Crippen LogP contribution in [0.4, 0.5) is 4.39 Å². The summed E-state index contributed by atoms with van der Waals surface area (Å²) in [5.74, 6) is 0.0966. The quantitative estimate of drug-likeness (QED) is 0.886. The van der Waals surface area contributed by atoms with Gasteiger partial charge in [-0.25, -0.2) is 9.37 Å². The van der Waals surface area contributed by atoms with E-state index in [0.717, 1.165) is 10.6 Å². The van der Waals surface area contributed by atoms with Crippen molar-refractivity contribution in [3.05, 3.63) is 51.7 Å². The molecule has 1 aromatic heterocycles. The Morgan fingerprint density at radius 2 is 2.35 bits per heavy atom. The van der Waals surface area contributed by atoms with Gasteiger partial charge in [0.05, 0.1) is 6.54 Å². The fraction of sp³-hybridized carbons (Fsp3) is 0.167. The van der Waals surface area contributed by atoms with Gasteiger partial charge in [-0.2, -0.15) is 0 Å². The van der Waals surface area contributed by atoms with Crippen molar-refractivity contribution in [2.45, 2.75) is 13.1 Å². The van der Waals surface area contributed by atoms with Crippen molar-refractivity contribution in [2.24, 2.45) is 0 Å². The third-order valence-corrected chi connectivity index (χ3v) is 3.58. The van der Waals surface area contributed by atoms with Crippen molar-refractivity contribution >= 4 is 17.2 Å². The van der Waals surface area contributed by atoms with Gasteiger partial charge >= 0.3 is 0 Å². The number of halogens is 1. The minimum atomic E-state index is -0.287. The van der Waals surface area contributed by atoms with Crippen molar-refractivity contribution in [1.29, 1.82) is 5.41 Å². The van der Waals surface area contributed by atoms with E-state index in [1.807, 2.05) is 10.3 Å². The molecule has 0 aliphatic carbocycles. The molecule has 5 heteroatoms. The van der Waals surface area contributed by atoms with Crippen LogP contribution >= 0.6 is 11.3 Å². The summed E-state index contributed by atoms with van der Waals surface area (Å²) < 4.78 is 13.1. The van der Waals surface area contributed by atoms with E-state index in [4.69, 9.17) is 5.41 Å². The number of nitrogens with one attached hydrogen (secondary N) is 1. The molecule has 3 rings (SSSR count). The van der Waals surface area contributed by atoms with Crippen LogP contribution in [0, 0.1) is 11.2 Å². The van der Waals surface area contributed by atoms with Gasteiger partial charge in [0.25, 0.3) is 0 Å². The summed E-state index contributed by atoms with van der Waals surface area (Å²) in [5, 5.41) is 10.9. The molecule has 0 saturated carbocycles. The van der Waals surface area contributed by atoms with Crippen LogP contribution in [-0.2, 0) is 13.1 Å². The van der Waals surface area contributed by atoms with Crippen LogP contribution in [-0.4, -0.2) is 15.7 Å². The van der Waals surface area contributed by atoms with Crippen molar-refractivity contribution in [1.82, 2.24) is 9.88 Å². The van der Waals surface area contributed by atoms with Crippen molar-refractivity contribution < 1.29 is 4.39 Å². The molecule has 0 bridgehead atoms. The zero-order chi connectivity index (χ0) is 11.8. The number of rotatable bonds is 2. The number of hydrogen-bond donors (Lipinski definition) is 1. The zero-order valence-electron chi connectivity index (χ0n) is 8.98. The van der Waals surface area contributed by atoms with Crippen molar-refractivity contribution in [2.75, 3.05) is 0 Å². The predicted octanol–water partition coefficient (Wildman–Crippen LogP) is 2.62. The number of fused-ring (bicyclic) bond motifs is 1. The molecular formula is C12H10FN3S. The minimum Gasteiger partial charge on any atom is -0.345 e.